The van der Waals surface area contributed by atoms with E-state index in [4.69, 9.17) is 17.4 Å². The lowest BCUT2D eigenvalue weighted by Gasteiger charge is -2.09. The number of rotatable bonds is 5. The summed E-state index contributed by atoms with van der Waals surface area (Å²) in [4.78, 5) is 12.5. The molecule has 4 N–H and O–H groups in total. The van der Waals surface area contributed by atoms with Gasteiger partial charge >= 0.3 is 0 Å². The molecule has 2 rings (SSSR count). The van der Waals surface area contributed by atoms with Crippen LogP contribution in [0.15, 0.2) is 46.7 Å². The first-order valence-corrected chi connectivity index (χ1v) is 9.44. The number of carbonyl (C=O) groups is 1. The van der Waals surface area contributed by atoms with Crippen molar-refractivity contribution >= 4 is 44.6 Å². The summed E-state index contributed by atoms with van der Waals surface area (Å²) in [5.41, 5.74) is 0.928. The largest absolute Gasteiger partial charge is 0.362 e. The number of nitrogens with two attached hydrogens (primary N) is 1. The van der Waals surface area contributed by atoms with E-state index in [1.54, 1.807) is 24.3 Å². The Morgan fingerprint density at radius 2 is 1.91 bits per heavy atom. The molecule has 23 heavy (non-hydrogen) atoms. The highest BCUT2D eigenvalue weighted by atomic mass is 32.2. The molecule has 6 nitrogen and oxygen atoms in total. The topological polar surface area (TPSA) is 101 Å². The summed E-state index contributed by atoms with van der Waals surface area (Å²) < 4.78 is 22.3. The van der Waals surface area contributed by atoms with Gasteiger partial charge in [0, 0.05) is 6.54 Å². The highest BCUT2D eigenvalue weighted by Crippen LogP contribution is 2.09. The van der Waals surface area contributed by atoms with Crippen molar-refractivity contribution in [1.29, 1.82) is 0 Å². The molecule has 0 unspecified atom stereocenters. The number of hydrogen-bond donors (Lipinski definition) is 3. The van der Waals surface area contributed by atoms with Crippen molar-refractivity contribution in [2.24, 2.45) is 5.14 Å². The smallest absolute Gasteiger partial charge is 0.267 e. The van der Waals surface area contributed by atoms with Crippen molar-refractivity contribution in [3.8, 4) is 0 Å². The SMILES string of the molecule is NS(=O)(=O)c1ccc(CCNC(=S)NC(=O)c2cccs2)cc1. The third-order valence-corrected chi connectivity index (χ3v) is 4.97. The number of benzene rings is 1. The Bertz CT molecular complexity index is 784. The van der Waals surface area contributed by atoms with Crippen LogP contribution in [0, 0.1) is 0 Å². The Hall–Kier alpha value is -1.81. The molecule has 0 saturated heterocycles. The fourth-order valence-corrected chi connectivity index (χ4v) is 3.11. The molecule has 122 valence electrons. The van der Waals surface area contributed by atoms with Gasteiger partial charge in [-0.15, -0.1) is 11.3 Å². The van der Waals surface area contributed by atoms with Gasteiger partial charge in [0.05, 0.1) is 9.77 Å². The van der Waals surface area contributed by atoms with E-state index in [2.05, 4.69) is 10.6 Å². The summed E-state index contributed by atoms with van der Waals surface area (Å²) in [5.74, 6) is -0.241. The first-order valence-electron chi connectivity index (χ1n) is 6.61. The fourth-order valence-electron chi connectivity index (χ4n) is 1.78. The van der Waals surface area contributed by atoms with Crippen LogP contribution >= 0.6 is 23.6 Å². The number of sulfonamides is 1. The van der Waals surface area contributed by atoms with Crippen molar-refractivity contribution < 1.29 is 13.2 Å². The summed E-state index contributed by atoms with van der Waals surface area (Å²) in [6, 6.07) is 9.81. The second-order valence-electron chi connectivity index (χ2n) is 4.63. The number of nitrogens with one attached hydrogen (secondary N) is 2. The number of primary sulfonamides is 1. The number of carbonyl (C=O) groups excluding carboxylic acids is 1. The maximum absolute atomic E-state index is 11.8. The van der Waals surface area contributed by atoms with Gasteiger partial charge in [-0.2, -0.15) is 0 Å². The summed E-state index contributed by atoms with van der Waals surface area (Å²) >= 11 is 6.39. The molecule has 0 spiro atoms. The van der Waals surface area contributed by atoms with Crippen molar-refractivity contribution in [3.05, 3.63) is 52.2 Å². The second kappa shape index (κ2) is 7.64. The monoisotopic (exact) mass is 369 g/mol. The van der Waals surface area contributed by atoms with Crippen molar-refractivity contribution in [2.45, 2.75) is 11.3 Å². The molecule has 1 heterocycles. The molecule has 0 aliphatic carbocycles. The number of thiocarbonyl (C=S) groups is 1. The van der Waals surface area contributed by atoms with E-state index in [1.807, 2.05) is 5.38 Å². The van der Waals surface area contributed by atoms with E-state index in [0.717, 1.165) is 5.56 Å². The van der Waals surface area contributed by atoms with Gasteiger partial charge in [-0.3, -0.25) is 10.1 Å². The Balaban J connectivity index is 1.78. The molecule has 1 aromatic carbocycles. The highest BCUT2D eigenvalue weighted by molar-refractivity contribution is 7.89. The fraction of sp³-hybridized carbons (Fsp3) is 0.143. The van der Waals surface area contributed by atoms with Crippen LogP contribution in [0.3, 0.4) is 0 Å². The third-order valence-electron chi connectivity index (χ3n) is 2.92. The minimum absolute atomic E-state index is 0.0768. The lowest BCUT2D eigenvalue weighted by molar-refractivity contribution is 0.0980. The summed E-state index contributed by atoms with van der Waals surface area (Å²) in [7, 11) is -3.67. The standard InChI is InChI=1S/C14H15N3O3S3/c15-23(19,20)11-5-3-10(4-6-11)7-8-16-14(21)17-13(18)12-2-1-9-22-12/h1-6,9H,7-8H2,(H2,15,19,20)(H2,16,17,18,21). The van der Waals surface area contributed by atoms with Gasteiger partial charge in [0.1, 0.15) is 0 Å². The summed E-state index contributed by atoms with van der Waals surface area (Å²) in [5, 5.41) is 12.6. The van der Waals surface area contributed by atoms with Gasteiger partial charge < -0.3 is 5.32 Å². The maximum Gasteiger partial charge on any atom is 0.267 e. The number of hydrogen-bond acceptors (Lipinski definition) is 5. The Kier molecular flexibility index (Phi) is 5.83. The first kappa shape index (κ1) is 17.5. The normalized spacial score (nSPS) is 11.0. The van der Waals surface area contributed by atoms with Crippen molar-refractivity contribution in [2.75, 3.05) is 6.54 Å². The van der Waals surface area contributed by atoms with Crippen LogP contribution in [0.2, 0.25) is 0 Å². The van der Waals surface area contributed by atoms with E-state index in [-0.39, 0.29) is 15.9 Å². The molecule has 0 aliphatic heterocycles. The third kappa shape index (κ3) is 5.39. The zero-order chi connectivity index (χ0) is 16.9. The van der Waals surface area contributed by atoms with Crippen LogP contribution in [0.5, 0.6) is 0 Å². The van der Waals surface area contributed by atoms with E-state index in [0.29, 0.717) is 17.8 Å². The van der Waals surface area contributed by atoms with Crippen LogP contribution in [0.1, 0.15) is 15.2 Å². The molecular weight excluding hydrogens is 354 g/mol. The lowest BCUT2D eigenvalue weighted by atomic mass is 10.1. The number of amides is 1. The van der Waals surface area contributed by atoms with E-state index in [1.165, 1.54) is 23.5 Å². The summed E-state index contributed by atoms with van der Waals surface area (Å²) in [6.45, 7) is 0.512. The highest BCUT2D eigenvalue weighted by Gasteiger charge is 2.09. The van der Waals surface area contributed by atoms with E-state index < -0.39 is 10.0 Å². The molecule has 0 atom stereocenters. The second-order valence-corrected chi connectivity index (χ2v) is 7.54. The van der Waals surface area contributed by atoms with Gasteiger partial charge in [0.2, 0.25) is 10.0 Å². The molecule has 0 aliphatic rings. The van der Waals surface area contributed by atoms with E-state index >= 15 is 0 Å². The quantitative estimate of drug-likeness (QED) is 0.689. The molecule has 1 aromatic heterocycles. The molecular formula is C14H15N3O3S3. The van der Waals surface area contributed by atoms with Gasteiger partial charge in [0.15, 0.2) is 5.11 Å². The molecule has 0 bridgehead atoms. The van der Waals surface area contributed by atoms with Gasteiger partial charge in [-0.05, 0) is 47.8 Å². The van der Waals surface area contributed by atoms with E-state index in [9.17, 15) is 13.2 Å². The number of thiophene rings is 1. The minimum atomic E-state index is -3.67. The first-order chi connectivity index (χ1) is 10.9. The van der Waals surface area contributed by atoms with Gasteiger partial charge in [-0.1, -0.05) is 18.2 Å². The zero-order valence-corrected chi connectivity index (χ0v) is 14.4. The minimum Gasteiger partial charge on any atom is -0.362 e. The molecule has 2 aromatic rings. The molecule has 1 amide bonds. The Morgan fingerprint density at radius 1 is 1.22 bits per heavy atom. The maximum atomic E-state index is 11.8. The van der Waals surface area contributed by atoms with Gasteiger partial charge in [-0.25, -0.2) is 13.6 Å². The molecule has 0 fully saturated rings. The predicted molar refractivity (Wildman–Crippen MR) is 93.9 cm³/mol. The van der Waals surface area contributed by atoms with Crippen molar-refractivity contribution in [1.82, 2.24) is 10.6 Å². The van der Waals surface area contributed by atoms with Crippen LogP contribution in [0.25, 0.3) is 0 Å². The molecule has 0 saturated carbocycles. The molecule has 9 heteroatoms. The molecule has 0 radical (unpaired) electrons. The Morgan fingerprint density at radius 3 is 2.48 bits per heavy atom. The predicted octanol–water partition coefficient (Wildman–Crippen LogP) is 1.24. The van der Waals surface area contributed by atoms with Crippen LogP contribution in [-0.2, 0) is 16.4 Å². The zero-order valence-electron chi connectivity index (χ0n) is 12.0. The van der Waals surface area contributed by atoms with Crippen LogP contribution in [-0.4, -0.2) is 26.0 Å². The average molecular weight is 369 g/mol. The van der Waals surface area contributed by atoms with Crippen LogP contribution in [0.4, 0.5) is 0 Å². The van der Waals surface area contributed by atoms with Gasteiger partial charge in [0.25, 0.3) is 5.91 Å². The summed E-state index contributed by atoms with van der Waals surface area (Å²) in [6.07, 6.45) is 0.625. The average Bonchev–Trinajstić information content (AvgIpc) is 3.01. The van der Waals surface area contributed by atoms with Crippen molar-refractivity contribution in [3.63, 3.8) is 0 Å². The van der Waals surface area contributed by atoms with Crippen LogP contribution < -0.4 is 15.8 Å². The lowest BCUT2D eigenvalue weighted by Crippen LogP contribution is -2.39. The Labute approximate surface area is 143 Å².